The predicted molar refractivity (Wildman–Crippen MR) is 94.0 cm³/mol. The molecule has 11 nitrogen and oxygen atoms in total. The van der Waals surface area contributed by atoms with Gasteiger partial charge in [-0.15, -0.1) is 0 Å². The van der Waals surface area contributed by atoms with Crippen LogP contribution in [0.3, 0.4) is 0 Å². The molecule has 0 heterocycles. The summed E-state index contributed by atoms with van der Waals surface area (Å²) in [4.78, 5) is 10.8. The van der Waals surface area contributed by atoms with Crippen LogP contribution in [0.5, 0.6) is 0 Å². The number of anilines is 4. The molecule has 0 spiro atoms. The molecule has 0 aliphatic rings. The summed E-state index contributed by atoms with van der Waals surface area (Å²) in [5.41, 5.74) is 10.4. The molecular weight excluding hydrogens is 388 g/mol. The summed E-state index contributed by atoms with van der Waals surface area (Å²) in [7, 11) is -9.16. The highest BCUT2D eigenvalue weighted by atomic mass is 32.2. The predicted octanol–water partition coefficient (Wildman–Crippen LogP) is 0.988. The number of amides is 2. The van der Waals surface area contributed by atoms with Gasteiger partial charge in [-0.1, -0.05) is 0 Å². The van der Waals surface area contributed by atoms with Crippen LogP contribution in [0.4, 0.5) is 27.5 Å². The first-order valence-corrected chi connectivity index (χ1v) is 9.58. The standard InChI is InChI=1S/C13H14N4O7S2/c14-9-3-1-7(5-11(9)25(19,20)21)16-13(18)17-8-2-4-10(15)12(6-8)26(22,23)24/h1-6H,14-15H2,(H2,16,17,18)(H,19,20,21)(H,22,23,24). The number of rotatable bonds is 4. The monoisotopic (exact) mass is 402 g/mol. The van der Waals surface area contributed by atoms with Gasteiger partial charge in [0.05, 0.1) is 11.4 Å². The number of carbonyl (C=O) groups is 1. The SMILES string of the molecule is Nc1ccc(NC(=O)Nc2ccc(N)c(S(=O)(=O)O)c2)cc1S(=O)(=O)O. The molecule has 2 aromatic rings. The summed E-state index contributed by atoms with van der Waals surface area (Å²) in [6.07, 6.45) is 0. The fourth-order valence-electron chi connectivity index (χ4n) is 1.96. The summed E-state index contributed by atoms with van der Waals surface area (Å²) in [5.74, 6) is 0. The van der Waals surface area contributed by atoms with Gasteiger partial charge in [0.15, 0.2) is 0 Å². The van der Waals surface area contributed by atoms with Crippen LogP contribution in [0.15, 0.2) is 46.2 Å². The van der Waals surface area contributed by atoms with Crippen molar-refractivity contribution in [1.29, 1.82) is 0 Å². The van der Waals surface area contributed by atoms with Crippen LogP contribution in [0.2, 0.25) is 0 Å². The van der Waals surface area contributed by atoms with Crippen molar-refractivity contribution in [2.45, 2.75) is 9.79 Å². The highest BCUT2D eigenvalue weighted by molar-refractivity contribution is 7.86. The van der Waals surface area contributed by atoms with Crippen molar-refractivity contribution in [3.63, 3.8) is 0 Å². The number of hydrogen-bond donors (Lipinski definition) is 6. The van der Waals surface area contributed by atoms with Gasteiger partial charge in [0.2, 0.25) is 0 Å². The number of nitrogens with one attached hydrogen (secondary N) is 2. The maximum absolute atomic E-state index is 12.0. The van der Waals surface area contributed by atoms with Gasteiger partial charge in [-0.2, -0.15) is 16.8 Å². The maximum atomic E-state index is 12.0. The molecule has 0 saturated heterocycles. The molecule has 13 heteroatoms. The van der Waals surface area contributed by atoms with E-state index in [9.17, 15) is 21.6 Å². The van der Waals surface area contributed by atoms with E-state index in [-0.39, 0.29) is 22.7 Å². The molecule has 0 fully saturated rings. The molecule has 0 atom stereocenters. The molecule has 0 unspecified atom stereocenters. The summed E-state index contributed by atoms with van der Waals surface area (Å²) in [6.45, 7) is 0. The van der Waals surface area contributed by atoms with E-state index in [1.165, 1.54) is 24.3 Å². The lowest BCUT2D eigenvalue weighted by Crippen LogP contribution is -2.20. The number of carbonyl (C=O) groups excluding carboxylic acids is 1. The lowest BCUT2D eigenvalue weighted by Gasteiger charge is -2.11. The first kappa shape index (κ1) is 19.5. The zero-order valence-electron chi connectivity index (χ0n) is 12.9. The maximum Gasteiger partial charge on any atom is 0.323 e. The zero-order valence-corrected chi connectivity index (χ0v) is 14.5. The fraction of sp³-hybridized carbons (Fsp3) is 0. The minimum Gasteiger partial charge on any atom is -0.398 e. The molecule has 0 aliphatic heterocycles. The summed E-state index contributed by atoms with van der Waals surface area (Å²) >= 11 is 0. The third-order valence-electron chi connectivity index (χ3n) is 3.10. The van der Waals surface area contributed by atoms with Crippen LogP contribution in [-0.4, -0.2) is 32.0 Å². The fourth-order valence-corrected chi connectivity index (χ4v) is 3.25. The van der Waals surface area contributed by atoms with Crippen LogP contribution in [-0.2, 0) is 20.2 Å². The first-order valence-electron chi connectivity index (χ1n) is 6.70. The summed E-state index contributed by atoms with van der Waals surface area (Å²) in [6, 6.07) is 5.93. The van der Waals surface area contributed by atoms with Crippen LogP contribution >= 0.6 is 0 Å². The smallest absolute Gasteiger partial charge is 0.323 e. The van der Waals surface area contributed by atoms with Crippen LogP contribution < -0.4 is 22.1 Å². The molecule has 0 bridgehead atoms. The molecule has 8 N–H and O–H groups in total. The van der Waals surface area contributed by atoms with Crippen molar-refractivity contribution in [3.05, 3.63) is 36.4 Å². The number of nitrogens with two attached hydrogens (primary N) is 2. The molecular formula is C13H14N4O7S2. The normalized spacial score (nSPS) is 11.8. The van der Waals surface area contributed by atoms with Gasteiger partial charge in [-0.05, 0) is 36.4 Å². The first-order chi connectivity index (χ1) is 11.9. The van der Waals surface area contributed by atoms with E-state index in [1.807, 2.05) is 0 Å². The largest absolute Gasteiger partial charge is 0.398 e. The Hall–Kier alpha value is -2.87. The Morgan fingerprint density at radius 2 is 1.12 bits per heavy atom. The van der Waals surface area contributed by atoms with Crippen molar-refractivity contribution < 1.29 is 30.7 Å². The molecule has 0 aromatic heterocycles. The lowest BCUT2D eigenvalue weighted by molar-refractivity contribution is 0.262. The van der Waals surface area contributed by atoms with Gasteiger partial charge in [0.1, 0.15) is 9.79 Å². The average Bonchev–Trinajstić information content (AvgIpc) is 2.49. The van der Waals surface area contributed by atoms with Crippen LogP contribution in [0, 0.1) is 0 Å². The molecule has 0 radical (unpaired) electrons. The number of nitrogen functional groups attached to an aromatic ring is 2. The van der Waals surface area contributed by atoms with Gasteiger partial charge >= 0.3 is 6.03 Å². The second-order valence-corrected chi connectivity index (χ2v) is 7.81. The summed E-state index contributed by atoms with van der Waals surface area (Å²) < 4.78 is 62.9. The van der Waals surface area contributed by atoms with E-state index in [2.05, 4.69) is 10.6 Å². The Kier molecular flexibility index (Phi) is 5.09. The Bertz CT molecular complexity index is 996. The Labute approximate surface area is 148 Å². The van der Waals surface area contributed by atoms with Crippen molar-refractivity contribution in [3.8, 4) is 0 Å². The second kappa shape index (κ2) is 6.80. The van der Waals surface area contributed by atoms with Crippen LogP contribution in [0.1, 0.15) is 0 Å². The lowest BCUT2D eigenvalue weighted by atomic mass is 10.3. The number of hydrogen-bond acceptors (Lipinski definition) is 7. The Balaban J connectivity index is 2.23. The minimum atomic E-state index is -4.58. The topological polar surface area (TPSA) is 202 Å². The highest BCUT2D eigenvalue weighted by Crippen LogP contribution is 2.24. The Morgan fingerprint density at radius 1 is 0.769 bits per heavy atom. The van der Waals surface area contributed by atoms with Gasteiger partial charge < -0.3 is 22.1 Å². The Morgan fingerprint density at radius 3 is 1.42 bits per heavy atom. The van der Waals surface area contributed by atoms with Crippen molar-refractivity contribution in [2.24, 2.45) is 0 Å². The van der Waals surface area contributed by atoms with Gasteiger partial charge in [0, 0.05) is 11.4 Å². The average molecular weight is 402 g/mol. The molecule has 2 rings (SSSR count). The van der Waals surface area contributed by atoms with E-state index in [0.717, 1.165) is 12.1 Å². The van der Waals surface area contributed by atoms with E-state index in [0.29, 0.717) is 0 Å². The van der Waals surface area contributed by atoms with E-state index < -0.39 is 36.1 Å². The highest BCUT2D eigenvalue weighted by Gasteiger charge is 2.17. The van der Waals surface area contributed by atoms with Gasteiger partial charge in [0.25, 0.3) is 20.2 Å². The van der Waals surface area contributed by atoms with Gasteiger partial charge in [-0.25, -0.2) is 4.79 Å². The number of urea groups is 1. The van der Waals surface area contributed by atoms with Crippen molar-refractivity contribution in [2.75, 3.05) is 22.1 Å². The molecule has 26 heavy (non-hydrogen) atoms. The van der Waals surface area contributed by atoms with Crippen LogP contribution in [0.25, 0.3) is 0 Å². The van der Waals surface area contributed by atoms with Crippen molar-refractivity contribution >= 4 is 49.0 Å². The quantitative estimate of drug-likeness (QED) is 0.318. The number of benzene rings is 2. The third-order valence-corrected chi connectivity index (χ3v) is 4.92. The third kappa shape index (κ3) is 4.60. The van der Waals surface area contributed by atoms with E-state index in [4.69, 9.17) is 20.6 Å². The molecule has 140 valence electrons. The molecule has 0 saturated carbocycles. The minimum absolute atomic E-state index is 0.00484. The van der Waals surface area contributed by atoms with Gasteiger partial charge in [-0.3, -0.25) is 9.11 Å². The summed E-state index contributed by atoms with van der Waals surface area (Å²) in [5, 5.41) is 4.56. The zero-order chi connectivity index (χ0) is 19.7. The van der Waals surface area contributed by atoms with E-state index >= 15 is 0 Å². The molecule has 2 amide bonds. The van der Waals surface area contributed by atoms with E-state index in [1.54, 1.807) is 0 Å². The second-order valence-electron chi connectivity index (χ2n) is 5.03. The molecule has 0 aliphatic carbocycles. The van der Waals surface area contributed by atoms with Crippen molar-refractivity contribution in [1.82, 2.24) is 0 Å². The molecule has 2 aromatic carbocycles.